The summed E-state index contributed by atoms with van der Waals surface area (Å²) in [6.07, 6.45) is 1.88. The van der Waals surface area contributed by atoms with Gasteiger partial charge in [0.2, 0.25) is 22.7 Å². The number of nitrogens with zero attached hydrogens (tertiary/aromatic N) is 1. The van der Waals surface area contributed by atoms with Crippen LogP contribution in [0.4, 0.5) is 5.69 Å². The Morgan fingerprint density at radius 1 is 1.33 bits per heavy atom. The molecular formula is C15H22N2O6S. The van der Waals surface area contributed by atoms with Crippen LogP contribution in [0.3, 0.4) is 0 Å². The van der Waals surface area contributed by atoms with E-state index < -0.39 is 10.0 Å². The number of anilines is 1. The highest BCUT2D eigenvalue weighted by molar-refractivity contribution is 7.92. The van der Waals surface area contributed by atoms with Crippen molar-refractivity contribution in [3.8, 4) is 11.5 Å². The van der Waals surface area contributed by atoms with Crippen molar-refractivity contribution < 1.29 is 27.4 Å². The Morgan fingerprint density at radius 3 is 2.79 bits per heavy atom. The van der Waals surface area contributed by atoms with Gasteiger partial charge in [0.25, 0.3) is 0 Å². The Kier molecular flexibility index (Phi) is 6.27. The molecule has 1 heterocycles. The van der Waals surface area contributed by atoms with Crippen molar-refractivity contribution in [2.24, 2.45) is 0 Å². The molecule has 1 aliphatic heterocycles. The first kappa shape index (κ1) is 18.3. The minimum Gasteiger partial charge on any atom is -0.454 e. The summed E-state index contributed by atoms with van der Waals surface area (Å²) >= 11 is 0. The van der Waals surface area contributed by atoms with Crippen LogP contribution in [0.15, 0.2) is 18.2 Å². The van der Waals surface area contributed by atoms with Crippen LogP contribution >= 0.6 is 0 Å². The molecule has 1 aliphatic rings. The van der Waals surface area contributed by atoms with Crippen molar-refractivity contribution in [2.75, 3.05) is 44.2 Å². The van der Waals surface area contributed by atoms with Gasteiger partial charge in [-0.25, -0.2) is 8.42 Å². The molecule has 0 aromatic heterocycles. The lowest BCUT2D eigenvalue weighted by molar-refractivity contribution is -0.120. The predicted octanol–water partition coefficient (Wildman–Crippen LogP) is 0.724. The highest BCUT2D eigenvalue weighted by atomic mass is 32.2. The number of fused-ring (bicyclic) bond motifs is 1. The summed E-state index contributed by atoms with van der Waals surface area (Å²) in [4.78, 5) is 11.8. The maximum Gasteiger partial charge on any atom is 0.232 e. The lowest BCUT2D eigenvalue weighted by atomic mass is 10.2. The lowest BCUT2D eigenvalue weighted by Gasteiger charge is -2.22. The first-order valence-electron chi connectivity index (χ1n) is 7.55. The molecule has 1 N–H and O–H groups in total. The van der Waals surface area contributed by atoms with Gasteiger partial charge in [-0.2, -0.15) is 0 Å². The maximum atomic E-state index is 12.0. The molecule has 0 spiro atoms. The molecule has 0 saturated carbocycles. The number of benzene rings is 1. The molecule has 0 radical (unpaired) electrons. The average molecular weight is 358 g/mol. The van der Waals surface area contributed by atoms with Crippen LogP contribution in [-0.2, 0) is 19.6 Å². The van der Waals surface area contributed by atoms with E-state index in [0.717, 1.165) is 6.26 Å². The Bertz CT molecular complexity index is 677. The van der Waals surface area contributed by atoms with Crippen molar-refractivity contribution >= 4 is 21.6 Å². The number of rotatable bonds is 9. The zero-order valence-electron chi connectivity index (χ0n) is 13.8. The molecule has 0 saturated heterocycles. The molecular weight excluding hydrogens is 336 g/mol. The highest BCUT2D eigenvalue weighted by Gasteiger charge is 2.22. The molecule has 8 nitrogen and oxygen atoms in total. The molecule has 0 aliphatic carbocycles. The van der Waals surface area contributed by atoms with Gasteiger partial charge in [0.15, 0.2) is 11.5 Å². The number of carbonyl (C=O) groups is 1. The second-order valence-corrected chi connectivity index (χ2v) is 7.23. The van der Waals surface area contributed by atoms with E-state index in [-0.39, 0.29) is 25.7 Å². The minimum atomic E-state index is -3.52. The van der Waals surface area contributed by atoms with Gasteiger partial charge in [0.05, 0.1) is 11.9 Å². The van der Waals surface area contributed by atoms with Crippen molar-refractivity contribution in [1.82, 2.24) is 5.32 Å². The number of sulfonamides is 1. The van der Waals surface area contributed by atoms with Crippen LogP contribution in [0, 0.1) is 0 Å². The van der Waals surface area contributed by atoms with Gasteiger partial charge in [-0.3, -0.25) is 9.10 Å². The second kappa shape index (κ2) is 8.20. The van der Waals surface area contributed by atoms with Crippen LogP contribution in [0.5, 0.6) is 11.5 Å². The van der Waals surface area contributed by atoms with Crippen LogP contribution in [0.2, 0.25) is 0 Å². The van der Waals surface area contributed by atoms with E-state index in [0.29, 0.717) is 36.8 Å². The minimum absolute atomic E-state index is 0.0502. The summed E-state index contributed by atoms with van der Waals surface area (Å²) in [6, 6.07) is 4.88. The molecule has 1 amide bonds. The summed E-state index contributed by atoms with van der Waals surface area (Å²) in [6.45, 7) is 1.22. The fourth-order valence-corrected chi connectivity index (χ4v) is 3.18. The maximum absolute atomic E-state index is 12.0. The Hall–Kier alpha value is -2.00. The zero-order chi connectivity index (χ0) is 17.6. The van der Waals surface area contributed by atoms with E-state index in [1.807, 2.05) is 0 Å². The smallest absolute Gasteiger partial charge is 0.232 e. The van der Waals surface area contributed by atoms with Gasteiger partial charge >= 0.3 is 0 Å². The molecule has 0 unspecified atom stereocenters. The summed E-state index contributed by atoms with van der Waals surface area (Å²) < 4.78 is 40.7. The number of methoxy groups -OCH3 is 1. The van der Waals surface area contributed by atoms with E-state index in [1.54, 1.807) is 25.3 Å². The molecule has 0 atom stereocenters. The van der Waals surface area contributed by atoms with E-state index in [9.17, 15) is 13.2 Å². The second-order valence-electron chi connectivity index (χ2n) is 5.32. The fraction of sp³-hybridized carbons (Fsp3) is 0.533. The topological polar surface area (TPSA) is 94.2 Å². The van der Waals surface area contributed by atoms with Crippen molar-refractivity contribution in [3.05, 3.63) is 18.2 Å². The normalized spacial score (nSPS) is 12.9. The van der Waals surface area contributed by atoms with Gasteiger partial charge in [0, 0.05) is 39.3 Å². The van der Waals surface area contributed by atoms with Crippen molar-refractivity contribution in [1.29, 1.82) is 0 Å². The van der Waals surface area contributed by atoms with Crippen LogP contribution < -0.4 is 19.1 Å². The summed E-state index contributed by atoms with van der Waals surface area (Å²) in [5.74, 6) is 0.855. The average Bonchev–Trinajstić information content (AvgIpc) is 2.98. The third kappa shape index (κ3) is 5.00. The molecule has 9 heteroatoms. The monoisotopic (exact) mass is 358 g/mol. The fourth-order valence-electron chi connectivity index (χ4n) is 2.26. The summed E-state index contributed by atoms with van der Waals surface area (Å²) in [5.41, 5.74) is 0.439. The quantitative estimate of drug-likeness (QED) is 0.654. The van der Waals surface area contributed by atoms with Crippen LogP contribution in [0.25, 0.3) is 0 Å². The van der Waals surface area contributed by atoms with Crippen molar-refractivity contribution in [2.45, 2.75) is 12.8 Å². The van der Waals surface area contributed by atoms with Gasteiger partial charge in [-0.15, -0.1) is 0 Å². The van der Waals surface area contributed by atoms with E-state index in [2.05, 4.69) is 5.32 Å². The summed E-state index contributed by atoms with van der Waals surface area (Å²) in [7, 11) is -1.93. The number of amides is 1. The standard InChI is InChI=1S/C15H22N2O6S/c1-21-9-3-7-16-15(18)6-8-17(24(2,19)20)12-4-5-13-14(10-12)23-11-22-13/h4-5,10H,3,6-9,11H2,1-2H3,(H,16,18). The lowest BCUT2D eigenvalue weighted by Crippen LogP contribution is -2.35. The van der Waals surface area contributed by atoms with E-state index >= 15 is 0 Å². The largest absolute Gasteiger partial charge is 0.454 e. The van der Waals surface area contributed by atoms with Gasteiger partial charge in [0.1, 0.15) is 0 Å². The SMILES string of the molecule is COCCCNC(=O)CCN(c1ccc2c(c1)OCO2)S(C)(=O)=O. The molecule has 134 valence electrons. The highest BCUT2D eigenvalue weighted by Crippen LogP contribution is 2.36. The number of hydrogen-bond donors (Lipinski definition) is 1. The van der Waals surface area contributed by atoms with Crippen LogP contribution in [-0.4, -0.2) is 54.2 Å². The number of hydrogen-bond acceptors (Lipinski definition) is 6. The molecule has 0 fully saturated rings. The molecule has 1 aromatic carbocycles. The third-order valence-electron chi connectivity index (χ3n) is 3.43. The third-order valence-corrected chi connectivity index (χ3v) is 4.63. The van der Waals surface area contributed by atoms with Gasteiger partial charge in [-0.1, -0.05) is 0 Å². The number of ether oxygens (including phenoxy) is 3. The first-order valence-corrected chi connectivity index (χ1v) is 9.39. The first-order chi connectivity index (χ1) is 11.4. The van der Waals surface area contributed by atoms with Gasteiger partial charge < -0.3 is 19.5 Å². The molecule has 1 aromatic rings. The molecule has 0 bridgehead atoms. The molecule has 24 heavy (non-hydrogen) atoms. The van der Waals surface area contributed by atoms with Crippen LogP contribution in [0.1, 0.15) is 12.8 Å². The summed E-state index contributed by atoms with van der Waals surface area (Å²) in [5, 5.41) is 2.73. The van der Waals surface area contributed by atoms with E-state index in [1.165, 1.54) is 4.31 Å². The van der Waals surface area contributed by atoms with E-state index in [4.69, 9.17) is 14.2 Å². The predicted molar refractivity (Wildman–Crippen MR) is 88.9 cm³/mol. The number of nitrogens with one attached hydrogen (secondary N) is 1. The number of carbonyl (C=O) groups excluding carboxylic acids is 1. The Morgan fingerprint density at radius 2 is 2.08 bits per heavy atom. The Balaban J connectivity index is 1.98. The Labute approximate surface area is 141 Å². The molecule has 2 rings (SSSR count). The van der Waals surface area contributed by atoms with Crippen molar-refractivity contribution in [3.63, 3.8) is 0 Å². The van der Waals surface area contributed by atoms with Gasteiger partial charge in [-0.05, 0) is 18.6 Å². The zero-order valence-corrected chi connectivity index (χ0v) is 14.6.